The minimum Gasteiger partial charge on any atom is -0.393 e. The van der Waals surface area contributed by atoms with Crippen LogP contribution in [0.4, 0.5) is 0 Å². The minimum absolute atomic E-state index is 0.269. The zero-order valence-electron chi connectivity index (χ0n) is 10.7. The molecule has 0 saturated carbocycles. The lowest BCUT2D eigenvalue weighted by molar-refractivity contribution is 0.154. The Morgan fingerprint density at radius 1 is 1.17 bits per heavy atom. The standard InChI is InChI=1S/C14H19N3O/c1-17-11-10-16-14(17)5-4-13(18)3-2-12-6-8-15-9-7-12/h6-11,13,18H,2-5H2,1H3. The van der Waals surface area contributed by atoms with Crippen LogP contribution < -0.4 is 0 Å². The van der Waals surface area contributed by atoms with Crippen LogP contribution in [0, 0.1) is 0 Å². The van der Waals surface area contributed by atoms with Gasteiger partial charge < -0.3 is 9.67 Å². The second-order valence-corrected chi connectivity index (χ2v) is 4.54. The molecule has 0 amide bonds. The Kier molecular flexibility index (Phi) is 4.47. The van der Waals surface area contributed by atoms with Gasteiger partial charge in [0.15, 0.2) is 0 Å². The van der Waals surface area contributed by atoms with Crippen molar-refractivity contribution in [2.75, 3.05) is 0 Å². The molecule has 0 radical (unpaired) electrons. The maximum atomic E-state index is 9.95. The normalized spacial score (nSPS) is 12.6. The fourth-order valence-electron chi connectivity index (χ4n) is 1.96. The van der Waals surface area contributed by atoms with Crippen LogP contribution in [0.3, 0.4) is 0 Å². The highest BCUT2D eigenvalue weighted by Gasteiger charge is 2.07. The van der Waals surface area contributed by atoms with Gasteiger partial charge in [0.1, 0.15) is 5.82 Å². The van der Waals surface area contributed by atoms with Crippen molar-refractivity contribution in [1.29, 1.82) is 0 Å². The zero-order chi connectivity index (χ0) is 12.8. The number of aliphatic hydroxyl groups excluding tert-OH is 1. The monoisotopic (exact) mass is 245 g/mol. The van der Waals surface area contributed by atoms with Crippen molar-refractivity contribution in [2.45, 2.75) is 31.8 Å². The lowest BCUT2D eigenvalue weighted by Gasteiger charge is -2.10. The highest BCUT2D eigenvalue weighted by Crippen LogP contribution is 2.09. The SMILES string of the molecule is Cn1ccnc1CCC(O)CCc1ccncc1. The number of hydrogen-bond acceptors (Lipinski definition) is 3. The van der Waals surface area contributed by atoms with E-state index in [2.05, 4.69) is 9.97 Å². The molecule has 4 heteroatoms. The Labute approximate surface area is 107 Å². The van der Waals surface area contributed by atoms with E-state index in [1.165, 1.54) is 5.56 Å². The summed E-state index contributed by atoms with van der Waals surface area (Å²) >= 11 is 0. The molecule has 18 heavy (non-hydrogen) atoms. The maximum Gasteiger partial charge on any atom is 0.108 e. The van der Waals surface area contributed by atoms with E-state index in [9.17, 15) is 5.11 Å². The van der Waals surface area contributed by atoms with Crippen molar-refractivity contribution in [1.82, 2.24) is 14.5 Å². The van der Waals surface area contributed by atoms with E-state index < -0.39 is 0 Å². The summed E-state index contributed by atoms with van der Waals surface area (Å²) in [7, 11) is 1.98. The van der Waals surface area contributed by atoms with Crippen molar-refractivity contribution < 1.29 is 5.11 Å². The van der Waals surface area contributed by atoms with Gasteiger partial charge in [0.25, 0.3) is 0 Å². The third-order valence-electron chi connectivity index (χ3n) is 3.14. The first-order valence-corrected chi connectivity index (χ1v) is 6.29. The summed E-state index contributed by atoms with van der Waals surface area (Å²) in [5, 5.41) is 9.95. The summed E-state index contributed by atoms with van der Waals surface area (Å²) in [4.78, 5) is 8.23. The van der Waals surface area contributed by atoms with Crippen LogP contribution in [-0.2, 0) is 19.9 Å². The van der Waals surface area contributed by atoms with E-state index in [0.29, 0.717) is 0 Å². The molecule has 0 aliphatic rings. The van der Waals surface area contributed by atoms with Gasteiger partial charge in [-0.05, 0) is 37.0 Å². The first kappa shape index (κ1) is 12.8. The Morgan fingerprint density at radius 3 is 2.56 bits per heavy atom. The van der Waals surface area contributed by atoms with Crippen LogP contribution in [0.15, 0.2) is 36.9 Å². The van der Waals surface area contributed by atoms with Gasteiger partial charge in [-0.2, -0.15) is 0 Å². The number of aryl methyl sites for hydroxylation is 3. The lowest BCUT2D eigenvalue weighted by atomic mass is 10.0. The smallest absolute Gasteiger partial charge is 0.108 e. The molecule has 1 atom stereocenters. The van der Waals surface area contributed by atoms with E-state index in [-0.39, 0.29) is 6.10 Å². The fraction of sp³-hybridized carbons (Fsp3) is 0.429. The van der Waals surface area contributed by atoms with Gasteiger partial charge >= 0.3 is 0 Å². The molecule has 2 rings (SSSR count). The van der Waals surface area contributed by atoms with Crippen molar-refractivity contribution >= 4 is 0 Å². The lowest BCUT2D eigenvalue weighted by Crippen LogP contribution is -2.11. The van der Waals surface area contributed by atoms with Crippen LogP contribution in [-0.4, -0.2) is 25.7 Å². The van der Waals surface area contributed by atoms with Gasteiger partial charge in [-0.15, -0.1) is 0 Å². The highest BCUT2D eigenvalue weighted by molar-refractivity contribution is 5.09. The molecular formula is C14H19N3O. The third kappa shape index (κ3) is 3.67. The van der Waals surface area contributed by atoms with E-state index >= 15 is 0 Å². The van der Waals surface area contributed by atoms with Crippen LogP contribution in [0.25, 0.3) is 0 Å². The predicted octanol–water partition coefficient (Wildman–Crippen LogP) is 1.74. The number of nitrogens with zero attached hydrogens (tertiary/aromatic N) is 3. The van der Waals surface area contributed by atoms with E-state index in [0.717, 1.165) is 31.5 Å². The number of aliphatic hydroxyl groups is 1. The summed E-state index contributed by atoms with van der Waals surface area (Å²) in [6.07, 6.45) is 10.3. The summed E-state index contributed by atoms with van der Waals surface area (Å²) in [6, 6.07) is 3.98. The number of pyridine rings is 1. The number of hydrogen-bond donors (Lipinski definition) is 1. The second kappa shape index (κ2) is 6.31. The number of aromatic nitrogens is 3. The molecule has 0 spiro atoms. The largest absolute Gasteiger partial charge is 0.393 e. The average molecular weight is 245 g/mol. The van der Waals surface area contributed by atoms with Gasteiger partial charge in [-0.25, -0.2) is 4.98 Å². The first-order valence-electron chi connectivity index (χ1n) is 6.29. The van der Waals surface area contributed by atoms with Gasteiger partial charge in [0.05, 0.1) is 6.10 Å². The summed E-state index contributed by atoms with van der Waals surface area (Å²) in [6.45, 7) is 0. The summed E-state index contributed by atoms with van der Waals surface area (Å²) in [5.74, 6) is 1.03. The van der Waals surface area contributed by atoms with Crippen LogP contribution in [0.2, 0.25) is 0 Å². The van der Waals surface area contributed by atoms with E-state index in [1.54, 1.807) is 18.6 Å². The zero-order valence-corrected chi connectivity index (χ0v) is 10.7. The molecule has 4 nitrogen and oxygen atoms in total. The molecule has 96 valence electrons. The molecule has 1 N–H and O–H groups in total. The fourth-order valence-corrected chi connectivity index (χ4v) is 1.96. The Balaban J connectivity index is 1.73. The molecule has 2 heterocycles. The van der Waals surface area contributed by atoms with Gasteiger partial charge in [0.2, 0.25) is 0 Å². The number of imidazole rings is 1. The van der Waals surface area contributed by atoms with Gasteiger partial charge in [-0.1, -0.05) is 0 Å². The molecule has 2 aromatic heterocycles. The third-order valence-corrected chi connectivity index (χ3v) is 3.14. The Bertz CT molecular complexity index is 467. The van der Waals surface area contributed by atoms with Crippen molar-refractivity contribution in [2.24, 2.45) is 7.05 Å². The molecule has 0 bridgehead atoms. The Hall–Kier alpha value is -1.68. The quantitative estimate of drug-likeness (QED) is 0.843. The topological polar surface area (TPSA) is 50.9 Å². The van der Waals surface area contributed by atoms with Crippen LogP contribution >= 0.6 is 0 Å². The van der Waals surface area contributed by atoms with E-state index in [1.807, 2.05) is 29.9 Å². The average Bonchev–Trinajstić information content (AvgIpc) is 2.81. The highest BCUT2D eigenvalue weighted by atomic mass is 16.3. The maximum absolute atomic E-state index is 9.95. The predicted molar refractivity (Wildman–Crippen MR) is 70.1 cm³/mol. The van der Waals surface area contributed by atoms with Crippen molar-refractivity contribution in [3.05, 3.63) is 48.3 Å². The molecule has 0 saturated heterocycles. The molecular weight excluding hydrogens is 226 g/mol. The molecule has 0 aromatic carbocycles. The van der Waals surface area contributed by atoms with Gasteiger partial charge in [-0.3, -0.25) is 4.98 Å². The molecule has 0 aliphatic heterocycles. The van der Waals surface area contributed by atoms with E-state index in [4.69, 9.17) is 0 Å². The molecule has 2 aromatic rings. The molecule has 0 fully saturated rings. The first-order chi connectivity index (χ1) is 8.75. The minimum atomic E-state index is -0.269. The molecule has 0 aliphatic carbocycles. The molecule has 1 unspecified atom stereocenters. The van der Waals surface area contributed by atoms with Crippen molar-refractivity contribution in [3.63, 3.8) is 0 Å². The summed E-state index contributed by atoms with van der Waals surface area (Å²) in [5.41, 5.74) is 1.22. The number of rotatable bonds is 6. The Morgan fingerprint density at radius 2 is 1.89 bits per heavy atom. The van der Waals surface area contributed by atoms with Crippen LogP contribution in [0.5, 0.6) is 0 Å². The van der Waals surface area contributed by atoms with Crippen LogP contribution in [0.1, 0.15) is 24.2 Å². The second-order valence-electron chi connectivity index (χ2n) is 4.54. The summed E-state index contributed by atoms with van der Waals surface area (Å²) < 4.78 is 2.00. The van der Waals surface area contributed by atoms with Crippen molar-refractivity contribution in [3.8, 4) is 0 Å². The van der Waals surface area contributed by atoms with Gasteiger partial charge in [0, 0.05) is 38.3 Å².